The predicted molar refractivity (Wildman–Crippen MR) is 126 cm³/mol. The van der Waals surface area contributed by atoms with Crippen molar-refractivity contribution in [1.29, 1.82) is 0 Å². The van der Waals surface area contributed by atoms with Gasteiger partial charge in [0, 0.05) is 23.8 Å². The zero-order valence-electron chi connectivity index (χ0n) is 19.9. The number of ether oxygens (including phenoxy) is 1. The lowest BCUT2D eigenvalue weighted by Crippen LogP contribution is -2.33. The molecule has 1 fully saturated rings. The average molecular weight is 455 g/mol. The van der Waals surface area contributed by atoms with Gasteiger partial charge >= 0.3 is 5.97 Å². The van der Waals surface area contributed by atoms with Crippen LogP contribution in [-0.4, -0.2) is 40.2 Å². The van der Waals surface area contributed by atoms with E-state index in [0.717, 1.165) is 49.2 Å². The molecule has 2 amide bonds. The standard InChI is InChI=1S/C25H34N4O4/c1-16(2)14-29-18(4)21(17(3)28-29)13-24(31)33-15-23(30)27-22-12-8-7-11-20(22)25(32)26-19-9-5-6-10-19/h7-8,11-12,16,19H,5-6,9-10,13-15H2,1-4H3,(H,26,32)(H,27,30). The van der Waals surface area contributed by atoms with E-state index in [-0.39, 0.29) is 18.4 Å². The summed E-state index contributed by atoms with van der Waals surface area (Å²) in [5.74, 6) is -0.755. The zero-order chi connectivity index (χ0) is 24.0. The third-order valence-electron chi connectivity index (χ3n) is 5.89. The molecule has 3 rings (SSSR count). The normalized spacial score (nSPS) is 13.8. The van der Waals surface area contributed by atoms with Crippen LogP contribution < -0.4 is 10.6 Å². The van der Waals surface area contributed by atoms with Gasteiger partial charge < -0.3 is 15.4 Å². The van der Waals surface area contributed by atoms with E-state index in [1.165, 1.54) is 0 Å². The Balaban J connectivity index is 1.54. The number of amides is 2. The minimum absolute atomic E-state index is 0.0590. The van der Waals surface area contributed by atoms with Crippen LogP contribution in [0.5, 0.6) is 0 Å². The maximum atomic E-state index is 12.6. The lowest BCUT2D eigenvalue weighted by atomic mass is 10.1. The molecule has 0 radical (unpaired) electrons. The smallest absolute Gasteiger partial charge is 0.310 e. The van der Waals surface area contributed by atoms with Crippen molar-refractivity contribution in [3.8, 4) is 0 Å². The Kier molecular flexibility index (Phi) is 8.25. The van der Waals surface area contributed by atoms with Gasteiger partial charge in [-0.25, -0.2) is 0 Å². The van der Waals surface area contributed by atoms with E-state index < -0.39 is 18.5 Å². The van der Waals surface area contributed by atoms with E-state index in [0.29, 0.717) is 17.2 Å². The molecular formula is C25H34N4O4. The highest BCUT2D eigenvalue weighted by Crippen LogP contribution is 2.20. The third kappa shape index (κ3) is 6.66. The van der Waals surface area contributed by atoms with Crippen LogP contribution in [0.3, 0.4) is 0 Å². The molecule has 178 valence electrons. The number of hydrogen-bond acceptors (Lipinski definition) is 5. The second-order valence-corrected chi connectivity index (χ2v) is 9.11. The molecular weight excluding hydrogens is 420 g/mol. The van der Waals surface area contributed by atoms with Gasteiger partial charge in [-0.05, 0) is 44.7 Å². The number of esters is 1. The quantitative estimate of drug-likeness (QED) is 0.564. The van der Waals surface area contributed by atoms with Crippen molar-refractivity contribution in [1.82, 2.24) is 15.1 Å². The number of carbonyl (C=O) groups is 3. The molecule has 0 saturated heterocycles. The van der Waals surface area contributed by atoms with Gasteiger partial charge in [0.1, 0.15) is 0 Å². The van der Waals surface area contributed by atoms with E-state index in [1.54, 1.807) is 24.3 Å². The molecule has 0 aliphatic heterocycles. The zero-order valence-corrected chi connectivity index (χ0v) is 19.9. The average Bonchev–Trinajstić information content (AvgIpc) is 3.36. The minimum atomic E-state index is -0.493. The maximum absolute atomic E-state index is 12.6. The SMILES string of the molecule is Cc1nn(CC(C)C)c(C)c1CC(=O)OCC(=O)Nc1ccccc1C(=O)NC1CCCC1. The molecule has 0 bridgehead atoms. The molecule has 2 aromatic rings. The number of anilines is 1. The van der Waals surface area contributed by atoms with Crippen molar-refractivity contribution in [3.05, 3.63) is 46.8 Å². The monoisotopic (exact) mass is 454 g/mol. The van der Waals surface area contributed by atoms with Crippen molar-refractivity contribution >= 4 is 23.5 Å². The van der Waals surface area contributed by atoms with Gasteiger partial charge in [-0.15, -0.1) is 0 Å². The summed E-state index contributed by atoms with van der Waals surface area (Å²) >= 11 is 0. The first-order chi connectivity index (χ1) is 15.7. The fourth-order valence-electron chi connectivity index (χ4n) is 4.16. The highest BCUT2D eigenvalue weighted by atomic mass is 16.5. The second kappa shape index (κ2) is 11.1. The minimum Gasteiger partial charge on any atom is -0.455 e. The number of nitrogens with one attached hydrogen (secondary N) is 2. The van der Waals surface area contributed by atoms with E-state index in [4.69, 9.17) is 4.74 Å². The molecule has 1 aliphatic rings. The Bertz CT molecular complexity index is 1010. The number of nitrogens with zero attached hydrogens (tertiary/aromatic N) is 2. The fraction of sp³-hybridized carbons (Fsp3) is 0.520. The van der Waals surface area contributed by atoms with Crippen molar-refractivity contribution in [2.24, 2.45) is 5.92 Å². The van der Waals surface area contributed by atoms with Gasteiger partial charge in [0.05, 0.1) is 23.4 Å². The second-order valence-electron chi connectivity index (χ2n) is 9.11. The molecule has 8 nitrogen and oxygen atoms in total. The molecule has 8 heteroatoms. The first kappa shape index (κ1) is 24.5. The largest absolute Gasteiger partial charge is 0.455 e. The van der Waals surface area contributed by atoms with Crippen LogP contribution in [0.2, 0.25) is 0 Å². The molecule has 33 heavy (non-hydrogen) atoms. The Morgan fingerprint density at radius 2 is 1.85 bits per heavy atom. The molecule has 1 heterocycles. The van der Waals surface area contributed by atoms with Crippen molar-refractivity contribution < 1.29 is 19.1 Å². The summed E-state index contributed by atoms with van der Waals surface area (Å²) in [6, 6.07) is 7.02. The van der Waals surface area contributed by atoms with Crippen LogP contribution in [-0.2, 0) is 27.3 Å². The first-order valence-electron chi connectivity index (χ1n) is 11.6. The van der Waals surface area contributed by atoms with E-state index in [2.05, 4.69) is 29.6 Å². The van der Waals surface area contributed by atoms with Crippen molar-refractivity contribution in [2.75, 3.05) is 11.9 Å². The molecule has 0 atom stereocenters. The van der Waals surface area contributed by atoms with Crippen LogP contribution in [0.1, 0.15) is 66.8 Å². The van der Waals surface area contributed by atoms with Crippen LogP contribution in [0.4, 0.5) is 5.69 Å². The van der Waals surface area contributed by atoms with Crippen LogP contribution in [0.15, 0.2) is 24.3 Å². The Labute approximate surface area is 195 Å². The Morgan fingerprint density at radius 1 is 1.15 bits per heavy atom. The molecule has 1 aromatic heterocycles. The van der Waals surface area contributed by atoms with Crippen LogP contribution in [0, 0.1) is 19.8 Å². The van der Waals surface area contributed by atoms with Gasteiger partial charge in [-0.1, -0.05) is 38.8 Å². The van der Waals surface area contributed by atoms with Gasteiger partial charge in [-0.3, -0.25) is 19.1 Å². The number of para-hydroxylation sites is 1. The number of hydrogen-bond donors (Lipinski definition) is 2. The predicted octanol–water partition coefficient (Wildman–Crippen LogP) is 3.55. The lowest BCUT2D eigenvalue weighted by molar-refractivity contribution is -0.146. The summed E-state index contributed by atoms with van der Waals surface area (Å²) in [5.41, 5.74) is 3.35. The number of carbonyl (C=O) groups excluding carboxylic acids is 3. The summed E-state index contributed by atoms with van der Waals surface area (Å²) in [6.07, 6.45) is 4.25. The highest BCUT2D eigenvalue weighted by Gasteiger charge is 2.21. The lowest BCUT2D eigenvalue weighted by Gasteiger charge is -2.15. The third-order valence-corrected chi connectivity index (χ3v) is 5.89. The summed E-state index contributed by atoms with van der Waals surface area (Å²) in [4.78, 5) is 37.4. The Morgan fingerprint density at radius 3 is 2.55 bits per heavy atom. The van der Waals surface area contributed by atoms with Crippen LogP contribution in [0.25, 0.3) is 0 Å². The molecule has 1 aromatic carbocycles. The van der Waals surface area contributed by atoms with E-state index >= 15 is 0 Å². The number of aryl methyl sites for hydroxylation is 1. The highest BCUT2D eigenvalue weighted by molar-refractivity contribution is 6.04. The van der Waals surface area contributed by atoms with Gasteiger partial charge in [0.25, 0.3) is 11.8 Å². The maximum Gasteiger partial charge on any atom is 0.310 e. The van der Waals surface area contributed by atoms with E-state index in [9.17, 15) is 14.4 Å². The Hall–Kier alpha value is -3.16. The number of rotatable bonds is 9. The van der Waals surface area contributed by atoms with Gasteiger partial charge in [0.2, 0.25) is 0 Å². The summed E-state index contributed by atoms with van der Waals surface area (Å²) in [5, 5.41) is 10.2. The summed E-state index contributed by atoms with van der Waals surface area (Å²) in [6.45, 7) is 8.38. The van der Waals surface area contributed by atoms with Crippen molar-refractivity contribution in [2.45, 2.75) is 72.4 Å². The van der Waals surface area contributed by atoms with Gasteiger partial charge in [-0.2, -0.15) is 5.10 Å². The van der Waals surface area contributed by atoms with Crippen molar-refractivity contribution in [3.63, 3.8) is 0 Å². The molecule has 1 aliphatic carbocycles. The molecule has 0 spiro atoms. The van der Waals surface area contributed by atoms with Crippen LogP contribution >= 0.6 is 0 Å². The molecule has 2 N–H and O–H groups in total. The molecule has 1 saturated carbocycles. The summed E-state index contributed by atoms with van der Waals surface area (Å²) < 4.78 is 7.11. The van der Waals surface area contributed by atoms with Gasteiger partial charge in [0.15, 0.2) is 6.61 Å². The number of benzene rings is 1. The number of aromatic nitrogens is 2. The summed E-state index contributed by atoms with van der Waals surface area (Å²) in [7, 11) is 0. The topological polar surface area (TPSA) is 102 Å². The first-order valence-corrected chi connectivity index (χ1v) is 11.6. The molecule has 0 unspecified atom stereocenters. The van der Waals surface area contributed by atoms with E-state index in [1.807, 2.05) is 18.5 Å². The fourth-order valence-corrected chi connectivity index (χ4v) is 4.16.